The third kappa shape index (κ3) is 8.30. The van der Waals surface area contributed by atoms with Crippen molar-refractivity contribution >= 4 is 21.6 Å². The molecule has 0 radical (unpaired) electrons. The number of carbonyl (C=O) groups is 1. The molecule has 0 aliphatic carbocycles. The lowest BCUT2D eigenvalue weighted by molar-refractivity contribution is -0.129. The second-order valence-corrected chi connectivity index (χ2v) is 10.6. The number of nitrogens with zero attached hydrogens (tertiary/aromatic N) is 1. The molecule has 0 bridgehead atoms. The molecule has 3 rings (SSSR count). The fourth-order valence-electron chi connectivity index (χ4n) is 3.56. The highest BCUT2D eigenvalue weighted by molar-refractivity contribution is 7.91. The van der Waals surface area contributed by atoms with Gasteiger partial charge in [-0.25, -0.2) is 18.9 Å². The van der Waals surface area contributed by atoms with E-state index in [1.807, 2.05) is 37.3 Å². The summed E-state index contributed by atoms with van der Waals surface area (Å²) in [5.41, 5.74) is 4.94. The lowest BCUT2D eigenvalue weighted by Crippen LogP contribution is -2.32. The highest BCUT2D eigenvalue weighted by Crippen LogP contribution is 2.27. The smallest absolute Gasteiger partial charge is 0.243 e. The van der Waals surface area contributed by atoms with Crippen molar-refractivity contribution in [3.05, 3.63) is 60.2 Å². The summed E-state index contributed by atoms with van der Waals surface area (Å²) in [4.78, 5) is 21.3. The summed E-state index contributed by atoms with van der Waals surface area (Å²) in [6.07, 6.45) is 2.24. The summed E-state index contributed by atoms with van der Waals surface area (Å²) in [6.45, 7) is 2.99. The zero-order valence-corrected chi connectivity index (χ0v) is 21.1. The lowest BCUT2D eigenvalue weighted by atomic mass is 10.0. The molecule has 36 heavy (non-hydrogen) atoms. The van der Waals surface area contributed by atoms with Gasteiger partial charge in [-0.1, -0.05) is 30.3 Å². The second kappa shape index (κ2) is 13.4. The van der Waals surface area contributed by atoms with E-state index in [9.17, 15) is 13.2 Å². The standard InChI is InChI=1S/C25H33N3O7S/c1-25(20-8-3-2-4-9-20)26-24(35-28-25)11-6-18-34-21-12-14-22(15-13-21)36(31,32)19-7-17-33-16-5-10-23(29)27-30/h2-4,8-9,12-15,28,30H,5-7,10-11,16-19H2,1H3,(H,27,29). The highest BCUT2D eigenvalue weighted by Gasteiger charge is 2.32. The molecule has 2 aromatic carbocycles. The Morgan fingerprint density at radius 3 is 2.50 bits per heavy atom. The number of rotatable bonds is 15. The van der Waals surface area contributed by atoms with E-state index < -0.39 is 21.4 Å². The van der Waals surface area contributed by atoms with E-state index in [2.05, 4.69) is 10.5 Å². The summed E-state index contributed by atoms with van der Waals surface area (Å²) < 4.78 is 36.1. The molecule has 1 unspecified atom stereocenters. The number of hydrogen-bond donors (Lipinski definition) is 3. The minimum absolute atomic E-state index is 0.0393. The summed E-state index contributed by atoms with van der Waals surface area (Å²) in [6, 6.07) is 16.2. The Hall–Kier alpha value is -2.99. The van der Waals surface area contributed by atoms with Crippen molar-refractivity contribution in [1.82, 2.24) is 11.0 Å². The molecule has 2 aromatic rings. The Kier molecular flexibility index (Phi) is 10.2. The minimum Gasteiger partial charge on any atom is -0.494 e. The third-order valence-corrected chi connectivity index (χ3v) is 7.37. The Bertz CT molecular complexity index is 1110. The average Bonchev–Trinajstić information content (AvgIpc) is 3.28. The fraction of sp³-hybridized carbons (Fsp3) is 0.440. The first-order valence-electron chi connectivity index (χ1n) is 11.9. The predicted molar refractivity (Wildman–Crippen MR) is 133 cm³/mol. The number of benzene rings is 2. The molecule has 1 aliphatic rings. The van der Waals surface area contributed by atoms with Crippen LogP contribution in [0.5, 0.6) is 5.75 Å². The monoisotopic (exact) mass is 519 g/mol. The fourth-order valence-corrected chi connectivity index (χ4v) is 4.85. The molecule has 1 amide bonds. The van der Waals surface area contributed by atoms with Crippen molar-refractivity contribution in [3.8, 4) is 5.75 Å². The molecule has 3 N–H and O–H groups in total. The van der Waals surface area contributed by atoms with Gasteiger partial charge < -0.3 is 14.3 Å². The van der Waals surface area contributed by atoms with Crippen molar-refractivity contribution in [2.45, 2.75) is 49.6 Å². The molecule has 1 atom stereocenters. The molecule has 0 saturated heterocycles. The van der Waals surface area contributed by atoms with Crippen molar-refractivity contribution in [1.29, 1.82) is 0 Å². The van der Waals surface area contributed by atoms with Gasteiger partial charge in [0, 0.05) is 26.1 Å². The van der Waals surface area contributed by atoms with E-state index in [0.717, 1.165) is 5.56 Å². The molecular formula is C25H33N3O7S. The van der Waals surface area contributed by atoms with Crippen LogP contribution in [0.3, 0.4) is 0 Å². The first-order chi connectivity index (χ1) is 17.3. The first kappa shape index (κ1) is 27.6. The van der Waals surface area contributed by atoms with Gasteiger partial charge in [-0.2, -0.15) is 0 Å². The molecule has 11 heteroatoms. The van der Waals surface area contributed by atoms with E-state index >= 15 is 0 Å². The van der Waals surface area contributed by atoms with Gasteiger partial charge in [0.05, 0.1) is 17.3 Å². The maximum Gasteiger partial charge on any atom is 0.243 e. The number of nitrogens with one attached hydrogen (secondary N) is 2. The van der Waals surface area contributed by atoms with Crippen LogP contribution in [0.2, 0.25) is 0 Å². The van der Waals surface area contributed by atoms with Crippen LogP contribution in [0.15, 0.2) is 64.5 Å². The molecule has 0 spiro atoms. The average molecular weight is 520 g/mol. The number of carbonyl (C=O) groups excluding carboxylic acids is 1. The van der Waals surface area contributed by atoms with Crippen LogP contribution < -0.4 is 15.7 Å². The van der Waals surface area contributed by atoms with Crippen LogP contribution in [-0.2, 0) is 29.9 Å². The van der Waals surface area contributed by atoms with Crippen LogP contribution in [0.25, 0.3) is 0 Å². The zero-order chi connectivity index (χ0) is 25.9. The molecule has 1 heterocycles. The Morgan fingerprint density at radius 2 is 1.78 bits per heavy atom. The zero-order valence-electron chi connectivity index (χ0n) is 20.3. The largest absolute Gasteiger partial charge is 0.494 e. The van der Waals surface area contributed by atoms with Crippen molar-refractivity contribution in [3.63, 3.8) is 0 Å². The Labute approximate surface area is 211 Å². The number of hydroxylamine groups is 2. The van der Waals surface area contributed by atoms with Gasteiger partial charge in [-0.15, -0.1) is 5.48 Å². The highest BCUT2D eigenvalue weighted by atomic mass is 32.2. The van der Waals surface area contributed by atoms with E-state index in [4.69, 9.17) is 19.5 Å². The Balaban J connectivity index is 1.35. The molecule has 196 valence electrons. The van der Waals surface area contributed by atoms with E-state index in [0.29, 0.717) is 50.5 Å². The summed E-state index contributed by atoms with van der Waals surface area (Å²) in [7, 11) is -3.43. The van der Waals surface area contributed by atoms with Crippen LogP contribution in [0.1, 0.15) is 44.6 Å². The molecular weight excluding hydrogens is 486 g/mol. The predicted octanol–water partition coefficient (Wildman–Crippen LogP) is 3.12. The topological polar surface area (TPSA) is 136 Å². The van der Waals surface area contributed by atoms with Crippen LogP contribution in [0.4, 0.5) is 0 Å². The number of amides is 1. The van der Waals surface area contributed by atoms with Crippen molar-refractivity contribution in [2.75, 3.05) is 25.6 Å². The summed E-state index contributed by atoms with van der Waals surface area (Å²) in [5.74, 6) is 0.689. The molecule has 10 nitrogen and oxygen atoms in total. The van der Waals surface area contributed by atoms with Gasteiger partial charge in [0.1, 0.15) is 5.75 Å². The number of ether oxygens (including phenoxy) is 2. The van der Waals surface area contributed by atoms with Gasteiger partial charge in [-0.05, 0) is 56.0 Å². The molecule has 0 fully saturated rings. The second-order valence-electron chi connectivity index (χ2n) is 8.49. The van der Waals surface area contributed by atoms with Gasteiger partial charge >= 0.3 is 0 Å². The number of aliphatic imine (C=N–C) groups is 1. The maximum absolute atomic E-state index is 12.5. The van der Waals surface area contributed by atoms with Gasteiger partial charge in [0.15, 0.2) is 15.5 Å². The van der Waals surface area contributed by atoms with Crippen molar-refractivity contribution < 1.29 is 32.7 Å². The molecule has 0 saturated carbocycles. The van der Waals surface area contributed by atoms with Gasteiger partial charge in [0.2, 0.25) is 11.8 Å². The van der Waals surface area contributed by atoms with Gasteiger partial charge in [-0.3, -0.25) is 10.0 Å². The molecule has 0 aromatic heterocycles. The normalized spacial score (nSPS) is 17.3. The number of sulfone groups is 1. The van der Waals surface area contributed by atoms with E-state index in [1.54, 1.807) is 29.7 Å². The van der Waals surface area contributed by atoms with E-state index in [-0.39, 0.29) is 23.7 Å². The first-order valence-corrected chi connectivity index (χ1v) is 13.5. The van der Waals surface area contributed by atoms with Crippen LogP contribution >= 0.6 is 0 Å². The van der Waals surface area contributed by atoms with Crippen LogP contribution in [0, 0.1) is 0 Å². The number of hydrogen-bond acceptors (Lipinski definition) is 9. The van der Waals surface area contributed by atoms with Crippen molar-refractivity contribution in [2.24, 2.45) is 4.99 Å². The molecule has 1 aliphatic heterocycles. The Morgan fingerprint density at radius 1 is 1.06 bits per heavy atom. The quantitative estimate of drug-likeness (QED) is 0.186. The summed E-state index contributed by atoms with van der Waals surface area (Å²) in [5, 5.41) is 8.41. The van der Waals surface area contributed by atoms with Crippen LogP contribution in [-0.4, -0.2) is 51.0 Å². The van der Waals surface area contributed by atoms with Gasteiger partial charge in [0.25, 0.3) is 0 Å². The summed E-state index contributed by atoms with van der Waals surface area (Å²) >= 11 is 0. The third-order valence-electron chi connectivity index (χ3n) is 5.56. The maximum atomic E-state index is 12.5. The lowest BCUT2D eigenvalue weighted by Gasteiger charge is -2.18. The SMILES string of the molecule is CC1(c2ccccc2)N=C(CCCOc2ccc(S(=O)(=O)CCCOCCCC(=O)NO)cc2)ON1. The van der Waals surface area contributed by atoms with E-state index in [1.165, 1.54) is 0 Å². The minimum atomic E-state index is -3.43.